The molecule has 10 heteroatoms. The van der Waals surface area contributed by atoms with Crippen LogP contribution in [-0.2, 0) is 21.1 Å². The maximum atomic E-state index is 10.1. The van der Waals surface area contributed by atoms with E-state index in [0.29, 0.717) is 0 Å². The maximum Gasteiger partial charge on any atom is 0.321 e. The number of aliphatic hydroxyl groups excluding tert-OH is 4. The number of carbonyl (C=O) groups excluding carboxylic acids is 1. The van der Waals surface area contributed by atoms with Crippen molar-refractivity contribution >= 4 is 24.8 Å². The lowest BCUT2D eigenvalue weighted by Crippen LogP contribution is -2.46. The Morgan fingerprint density at radius 2 is 1.69 bits per heavy atom. The van der Waals surface area contributed by atoms with Gasteiger partial charge in [-0.3, -0.25) is 0 Å². The Kier molecular flexibility index (Phi) is 6.71. The molecule has 0 radical (unpaired) electrons. The highest BCUT2D eigenvalue weighted by atomic mass is 32.5. The molecule has 0 saturated carbocycles. The number of hydrogen-bond donors (Lipinski definition) is 6. The van der Waals surface area contributed by atoms with Crippen molar-refractivity contribution in [3.63, 3.8) is 0 Å². The summed E-state index contributed by atoms with van der Waals surface area (Å²) in [7, 11) is 0. The van der Waals surface area contributed by atoms with Gasteiger partial charge in [0.2, 0.25) is 0 Å². The minimum absolute atomic E-state index is 0.0239. The highest BCUT2D eigenvalue weighted by Gasteiger charge is 2.31. The summed E-state index contributed by atoms with van der Waals surface area (Å²) in [6.45, 7) is -4.73. The Morgan fingerprint density at radius 3 is 2.06 bits per heavy atom. The molecule has 0 aliphatic carbocycles. The second-order valence-corrected chi connectivity index (χ2v) is 5.63. The Labute approximate surface area is 96.0 Å². The molecule has 0 heterocycles. The van der Waals surface area contributed by atoms with E-state index < -0.39 is 37.7 Å². The van der Waals surface area contributed by atoms with Crippen molar-refractivity contribution in [2.45, 2.75) is 24.4 Å². The lowest BCUT2D eigenvalue weighted by atomic mass is 10.0. The summed E-state index contributed by atoms with van der Waals surface area (Å²) < 4.78 is 4.22. The quantitative estimate of drug-likeness (QED) is 0.209. The standard InChI is InChI=1S/C6H13O8PS/c7-1-3(8)5(10)6(11)4(9)2-14-15(12,13)16/h1,3-6,8-11H,2H2,(H2,12,13,16)/t3-,4-,5-,6-/m1/s1. The molecule has 8 nitrogen and oxygen atoms in total. The van der Waals surface area contributed by atoms with Gasteiger partial charge in [0.25, 0.3) is 0 Å². The van der Waals surface area contributed by atoms with E-state index >= 15 is 0 Å². The number of aldehydes is 1. The van der Waals surface area contributed by atoms with E-state index in [9.17, 15) is 15.0 Å². The molecule has 96 valence electrons. The van der Waals surface area contributed by atoms with Gasteiger partial charge < -0.3 is 39.5 Å². The van der Waals surface area contributed by atoms with Gasteiger partial charge in [0.15, 0.2) is 6.29 Å². The van der Waals surface area contributed by atoms with Crippen molar-refractivity contribution in [1.82, 2.24) is 0 Å². The van der Waals surface area contributed by atoms with Crippen LogP contribution in [0, 0.1) is 0 Å². The Balaban J connectivity index is 4.22. The van der Waals surface area contributed by atoms with E-state index in [1.165, 1.54) is 0 Å². The largest absolute Gasteiger partial charge is 0.388 e. The summed E-state index contributed by atoms with van der Waals surface area (Å²) in [4.78, 5) is 27.3. The maximum absolute atomic E-state index is 10.1. The lowest BCUT2D eigenvalue weighted by Gasteiger charge is -2.24. The van der Waals surface area contributed by atoms with E-state index in [0.717, 1.165) is 0 Å². The summed E-state index contributed by atoms with van der Waals surface area (Å²) in [5, 5.41) is 36.3. The highest BCUT2D eigenvalue weighted by molar-refractivity contribution is 8.06. The molecular weight excluding hydrogens is 263 g/mol. The topological polar surface area (TPSA) is 148 Å². The molecule has 0 rings (SSSR count). The second-order valence-electron chi connectivity index (χ2n) is 2.96. The van der Waals surface area contributed by atoms with Gasteiger partial charge in [-0.05, 0) is 11.8 Å². The molecule has 0 aromatic carbocycles. The van der Waals surface area contributed by atoms with Crippen molar-refractivity contribution in [3.8, 4) is 0 Å². The molecule has 0 bridgehead atoms. The monoisotopic (exact) mass is 276 g/mol. The van der Waals surface area contributed by atoms with Gasteiger partial charge in [-0.2, -0.15) is 0 Å². The first-order chi connectivity index (χ1) is 7.19. The zero-order valence-electron chi connectivity index (χ0n) is 7.95. The molecule has 0 amide bonds. The van der Waals surface area contributed by atoms with Gasteiger partial charge in [0.05, 0.1) is 6.61 Å². The fourth-order valence-electron chi connectivity index (χ4n) is 0.782. The minimum Gasteiger partial charge on any atom is -0.388 e. The summed E-state index contributed by atoms with van der Waals surface area (Å²) in [5.41, 5.74) is 0. The third-order valence-electron chi connectivity index (χ3n) is 1.65. The van der Waals surface area contributed by atoms with Crippen LogP contribution in [-0.4, -0.2) is 67.5 Å². The second kappa shape index (κ2) is 6.70. The molecule has 16 heavy (non-hydrogen) atoms. The zero-order chi connectivity index (χ0) is 12.9. The smallest absolute Gasteiger partial charge is 0.321 e. The van der Waals surface area contributed by atoms with Gasteiger partial charge in [-0.25, -0.2) is 0 Å². The predicted octanol–water partition coefficient (Wildman–Crippen LogP) is -3.15. The molecule has 0 spiro atoms. The van der Waals surface area contributed by atoms with Crippen molar-refractivity contribution < 1.29 is 39.5 Å². The summed E-state index contributed by atoms with van der Waals surface area (Å²) in [6, 6.07) is 0. The van der Waals surface area contributed by atoms with Crippen molar-refractivity contribution in [1.29, 1.82) is 0 Å². The minimum atomic E-state index is -3.97. The average Bonchev–Trinajstić information content (AvgIpc) is 2.21. The number of aliphatic hydroxyl groups is 4. The van der Waals surface area contributed by atoms with Crippen LogP contribution >= 0.6 is 6.72 Å². The number of hydrogen-bond acceptors (Lipinski definition) is 7. The van der Waals surface area contributed by atoms with E-state index in [1.807, 2.05) is 0 Å². The lowest BCUT2D eigenvalue weighted by molar-refractivity contribution is -0.135. The predicted molar refractivity (Wildman–Crippen MR) is 54.8 cm³/mol. The van der Waals surface area contributed by atoms with Crippen LogP contribution in [0.4, 0.5) is 0 Å². The first-order valence-corrected chi connectivity index (χ1v) is 6.69. The average molecular weight is 276 g/mol. The fraction of sp³-hybridized carbons (Fsp3) is 0.833. The van der Waals surface area contributed by atoms with Crippen LogP contribution in [0.25, 0.3) is 0 Å². The molecule has 0 aromatic heterocycles. The summed E-state index contributed by atoms with van der Waals surface area (Å²) in [5.74, 6) is 0. The SMILES string of the molecule is O=C[C@@H](O)[C@@H](O)[C@H](O)[C@H](O)COP(O)(O)=S. The molecule has 0 fully saturated rings. The van der Waals surface area contributed by atoms with Crippen LogP contribution in [0.15, 0.2) is 0 Å². The van der Waals surface area contributed by atoms with Crippen molar-refractivity contribution in [3.05, 3.63) is 0 Å². The van der Waals surface area contributed by atoms with Crippen LogP contribution in [0.5, 0.6) is 0 Å². The molecule has 0 aliphatic heterocycles. The zero-order valence-corrected chi connectivity index (χ0v) is 9.66. The summed E-state index contributed by atoms with van der Waals surface area (Å²) >= 11 is 4.07. The molecule has 4 atom stereocenters. The number of rotatable bonds is 7. The van der Waals surface area contributed by atoms with Gasteiger partial charge in [0, 0.05) is 0 Å². The number of carbonyl (C=O) groups is 1. The Morgan fingerprint density at radius 1 is 1.19 bits per heavy atom. The van der Waals surface area contributed by atoms with Gasteiger partial charge in [-0.1, -0.05) is 0 Å². The van der Waals surface area contributed by atoms with Gasteiger partial charge in [0.1, 0.15) is 24.4 Å². The van der Waals surface area contributed by atoms with E-state index in [-0.39, 0.29) is 6.29 Å². The van der Waals surface area contributed by atoms with E-state index in [1.54, 1.807) is 0 Å². The van der Waals surface area contributed by atoms with Gasteiger partial charge in [-0.15, -0.1) is 0 Å². The van der Waals surface area contributed by atoms with Crippen LogP contribution in [0.2, 0.25) is 0 Å². The molecular formula is C6H13O8PS. The van der Waals surface area contributed by atoms with Crippen molar-refractivity contribution in [2.75, 3.05) is 6.61 Å². The molecule has 0 aromatic rings. The Hall–Kier alpha value is 0.0400. The molecule has 0 saturated heterocycles. The van der Waals surface area contributed by atoms with E-state index in [4.69, 9.17) is 20.0 Å². The first kappa shape index (κ1) is 16.0. The third-order valence-corrected chi connectivity index (χ3v) is 2.45. The van der Waals surface area contributed by atoms with E-state index in [2.05, 4.69) is 16.3 Å². The van der Waals surface area contributed by atoms with Crippen LogP contribution in [0.1, 0.15) is 0 Å². The Bertz CT molecular complexity index is 267. The molecule has 0 aliphatic rings. The molecule has 0 unspecified atom stereocenters. The summed E-state index contributed by atoms with van der Waals surface area (Å²) in [6.07, 6.45) is -7.42. The van der Waals surface area contributed by atoms with Gasteiger partial charge >= 0.3 is 6.72 Å². The van der Waals surface area contributed by atoms with Crippen LogP contribution < -0.4 is 0 Å². The normalized spacial score (nSPS) is 19.9. The first-order valence-electron chi connectivity index (χ1n) is 4.06. The highest BCUT2D eigenvalue weighted by Crippen LogP contribution is 2.36. The van der Waals surface area contributed by atoms with Crippen LogP contribution in [0.3, 0.4) is 0 Å². The third kappa shape index (κ3) is 5.94. The molecule has 6 N–H and O–H groups in total. The fourth-order valence-corrected chi connectivity index (χ4v) is 1.31. The van der Waals surface area contributed by atoms with Crippen molar-refractivity contribution in [2.24, 2.45) is 0 Å².